The van der Waals surface area contributed by atoms with Crippen LogP contribution in [0.4, 0.5) is 16.0 Å². The second-order valence-electron chi connectivity index (χ2n) is 6.91. The Balaban J connectivity index is 1.45. The van der Waals surface area contributed by atoms with Crippen molar-refractivity contribution in [3.63, 3.8) is 0 Å². The molecule has 31 heavy (non-hydrogen) atoms. The van der Waals surface area contributed by atoms with Gasteiger partial charge in [-0.3, -0.25) is 4.98 Å². The van der Waals surface area contributed by atoms with Crippen LogP contribution in [0.5, 0.6) is 0 Å². The molecule has 0 saturated carbocycles. The van der Waals surface area contributed by atoms with Crippen molar-refractivity contribution in [2.75, 3.05) is 29.2 Å². The van der Waals surface area contributed by atoms with Crippen molar-refractivity contribution in [1.29, 1.82) is 0 Å². The fraction of sp³-hybridized carbons (Fsp3) is 0.182. The number of anilines is 2. The summed E-state index contributed by atoms with van der Waals surface area (Å²) in [5.74, 6) is 0.887. The minimum absolute atomic E-state index is 0.129. The van der Waals surface area contributed by atoms with Crippen LogP contribution in [0.2, 0.25) is 0 Å². The topological polar surface area (TPSA) is 98.7 Å². The Labute approximate surface area is 182 Å². The van der Waals surface area contributed by atoms with E-state index in [2.05, 4.69) is 30.6 Å². The number of nitrogens with one attached hydrogen (secondary N) is 2. The molecule has 1 unspecified atom stereocenters. The van der Waals surface area contributed by atoms with E-state index in [1.54, 1.807) is 24.7 Å². The van der Waals surface area contributed by atoms with Crippen molar-refractivity contribution < 1.29 is 8.94 Å². The zero-order valence-corrected chi connectivity index (χ0v) is 17.7. The molecule has 0 fully saturated rings. The number of nitrogens with zero attached hydrogens (tertiary/aromatic N) is 4. The van der Waals surface area contributed by atoms with Gasteiger partial charge >= 0.3 is 0 Å². The normalized spacial score (nSPS) is 12.0. The van der Waals surface area contributed by atoms with Crippen molar-refractivity contribution in [3.8, 4) is 11.3 Å². The lowest BCUT2D eigenvalue weighted by molar-refractivity contribution is 0.601. The summed E-state index contributed by atoms with van der Waals surface area (Å²) in [6.07, 6.45) is 6.44. The molecule has 0 spiro atoms. The van der Waals surface area contributed by atoms with Gasteiger partial charge in [-0.25, -0.2) is 19.3 Å². The first-order chi connectivity index (χ1) is 15.1. The van der Waals surface area contributed by atoms with E-state index in [4.69, 9.17) is 0 Å². The maximum atomic E-state index is 15.1. The largest absolute Gasteiger partial charge is 0.617 e. The van der Waals surface area contributed by atoms with Crippen molar-refractivity contribution in [3.05, 3.63) is 72.6 Å². The van der Waals surface area contributed by atoms with E-state index in [-0.39, 0.29) is 11.5 Å². The lowest BCUT2D eigenvalue weighted by atomic mass is 10.1. The molecule has 2 N–H and O–H groups in total. The summed E-state index contributed by atoms with van der Waals surface area (Å²) in [5.41, 5.74) is 2.61. The summed E-state index contributed by atoms with van der Waals surface area (Å²) in [6, 6.07) is 13.0. The predicted molar refractivity (Wildman–Crippen MR) is 122 cm³/mol. The summed E-state index contributed by atoms with van der Waals surface area (Å²) in [7, 11) is 0. The fourth-order valence-corrected chi connectivity index (χ4v) is 3.45. The fourth-order valence-electron chi connectivity index (χ4n) is 3.06. The number of benzene rings is 1. The van der Waals surface area contributed by atoms with Crippen LogP contribution in [0.15, 0.2) is 61.2 Å². The Morgan fingerprint density at radius 2 is 1.94 bits per heavy atom. The quantitative estimate of drug-likeness (QED) is 0.407. The minimum atomic E-state index is -0.844. The molecule has 9 heteroatoms. The van der Waals surface area contributed by atoms with Gasteiger partial charge < -0.3 is 15.2 Å². The highest BCUT2D eigenvalue weighted by molar-refractivity contribution is 7.90. The molecule has 3 heterocycles. The van der Waals surface area contributed by atoms with Gasteiger partial charge in [-0.1, -0.05) is 29.4 Å². The van der Waals surface area contributed by atoms with E-state index in [0.29, 0.717) is 30.2 Å². The van der Waals surface area contributed by atoms with Crippen LogP contribution in [-0.4, -0.2) is 43.0 Å². The molecule has 0 aliphatic heterocycles. The molecule has 3 aromatic heterocycles. The van der Waals surface area contributed by atoms with Crippen LogP contribution < -0.4 is 10.6 Å². The maximum absolute atomic E-state index is 15.1. The molecular weight excluding hydrogens is 415 g/mol. The summed E-state index contributed by atoms with van der Waals surface area (Å²) in [4.78, 5) is 16.8. The molecule has 158 valence electrons. The van der Waals surface area contributed by atoms with Gasteiger partial charge in [0.2, 0.25) is 0 Å². The minimum Gasteiger partial charge on any atom is -0.617 e. The second kappa shape index (κ2) is 9.67. The number of hydrogen-bond acceptors (Lipinski definition) is 7. The van der Waals surface area contributed by atoms with Crippen LogP contribution in [0, 0.1) is 5.82 Å². The van der Waals surface area contributed by atoms with Gasteiger partial charge in [0, 0.05) is 29.9 Å². The average Bonchev–Trinajstić information content (AvgIpc) is 2.79. The number of aromatic nitrogens is 4. The molecule has 1 aromatic carbocycles. The van der Waals surface area contributed by atoms with Crippen LogP contribution in [0.25, 0.3) is 22.2 Å². The first-order valence-corrected chi connectivity index (χ1v) is 11.4. The number of rotatable bonds is 8. The van der Waals surface area contributed by atoms with E-state index >= 15 is 4.39 Å². The molecule has 0 amide bonds. The smallest absolute Gasteiger partial charge is 0.191 e. The summed E-state index contributed by atoms with van der Waals surface area (Å²) in [5, 5.41) is 7.04. The number of pyridine rings is 2. The lowest BCUT2D eigenvalue weighted by Crippen LogP contribution is -2.14. The third kappa shape index (κ3) is 5.25. The van der Waals surface area contributed by atoms with Crippen LogP contribution in [0.1, 0.15) is 5.56 Å². The van der Waals surface area contributed by atoms with E-state index in [0.717, 1.165) is 16.5 Å². The highest BCUT2D eigenvalue weighted by atomic mass is 32.2. The van der Waals surface area contributed by atoms with E-state index in [1.807, 2.05) is 36.4 Å². The van der Waals surface area contributed by atoms with Gasteiger partial charge in [0.05, 0.1) is 18.3 Å². The van der Waals surface area contributed by atoms with E-state index in [9.17, 15) is 4.55 Å². The third-order valence-corrected chi connectivity index (χ3v) is 5.43. The number of fused-ring (bicyclic) bond motifs is 1. The molecule has 4 aromatic rings. The molecule has 7 nitrogen and oxygen atoms in total. The van der Waals surface area contributed by atoms with E-state index in [1.165, 1.54) is 6.33 Å². The standard InChI is InChI=1S/C22H21FN6OS/c1-31(30)10-9-25-19-7-4-15(12-26-19)13-27-22-20(23)21(28-14-29-22)17-5-6-18-16(11-17)3-2-8-24-18/h2-8,11-12,14H,9-10,13H2,1H3,(H,25,26)(H,27,28,29). The molecule has 4 rings (SSSR count). The Kier molecular flexibility index (Phi) is 6.54. The summed E-state index contributed by atoms with van der Waals surface area (Å²) in [6.45, 7) is 0.953. The zero-order chi connectivity index (χ0) is 21.6. The Morgan fingerprint density at radius 3 is 2.74 bits per heavy atom. The number of halogens is 1. The predicted octanol–water partition coefficient (Wildman–Crippen LogP) is 3.63. The Bertz CT molecular complexity index is 1170. The first-order valence-electron chi connectivity index (χ1n) is 9.68. The van der Waals surface area contributed by atoms with Crippen molar-refractivity contribution in [2.45, 2.75) is 6.54 Å². The molecule has 0 saturated heterocycles. The highest BCUT2D eigenvalue weighted by Crippen LogP contribution is 2.26. The Hall–Kier alpha value is -3.30. The monoisotopic (exact) mass is 436 g/mol. The lowest BCUT2D eigenvalue weighted by Gasteiger charge is -2.10. The van der Waals surface area contributed by atoms with Gasteiger partial charge in [-0.2, -0.15) is 0 Å². The number of hydrogen-bond donors (Lipinski definition) is 2. The molecular formula is C22H21FN6OS. The maximum Gasteiger partial charge on any atom is 0.191 e. The van der Waals surface area contributed by atoms with Gasteiger partial charge in [-0.15, -0.1) is 0 Å². The van der Waals surface area contributed by atoms with Gasteiger partial charge in [0.25, 0.3) is 0 Å². The van der Waals surface area contributed by atoms with Crippen LogP contribution in [-0.2, 0) is 17.7 Å². The average molecular weight is 437 g/mol. The Morgan fingerprint density at radius 1 is 1.03 bits per heavy atom. The van der Waals surface area contributed by atoms with Crippen molar-refractivity contribution >= 4 is 33.7 Å². The highest BCUT2D eigenvalue weighted by Gasteiger charge is 2.13. The van der Waals surface area contributed by atoms with Crippen LogP contribution >= 0.6 is 0 Å². The molecule has 0 aliphatic rings. The molecule has 1 atom stereocenters. The zero-order valence-electron chi connectivity index (χ0n) is 16.9. The van der Waals surface area contributed by atoms with Crippen molar-refractivity contribution in [1.82, 2.24) is 19.9 Å². The molecule has 0 aliphatic carbocycles. The third-order valence-electron chi connectivity index (χ3n) is 4.65. The van der Waals surface area contributed by atoms with Gasteiger partial charge in [0.15, 0.2) is 11.6 Å². The van der Waals surface area contributed by atoms with E-state index < -0.39 is 17.0 Å². The second-order valence-corrected chi connectivity index (χ2v) is 8.46. The SMILES string of the molecule is C[S+]([O-])CCNc1ccc(CNc2ncnc(-c3ccc4ncccc4c3)c2F)cn1. The summed E-state index contributed by atoms with van der Waals surface area (Å²) >= 11 is -0.844. The van der Waals surface area contributed by atoms with Gasteiger partial charge in [0.1, 0.15) is 23.6 Å². The summed E-state index contributed by atoms with van der Waals surface area (Å²) < 4.78 is 26.2. The van der Waals surface area contributed by atoms with Gasteiger partial charge in [-0.05, 0) is 29.8 Å². The van der Waals surface area contributed by atoms with Crippen molar-refractivity contribution in [2.24, 2.45) is 0 Å². The van der Waals surface area contributed by atoms with Crippen LogP contribution in [0.3, 0.4) is 0 Å². The molecule has 0 radical (unpaired) electrons. The first kappa shape index (κ1) is 21.0. The molecule has 0 bridgehead atoms.